The summed E-state index contributed by atoms with van der Waals surface area (Å²) in [4.78, 5) is 81.0. The number of alkyl halides is 9. The lowest BCUT2D eigenvalue weighted by Crippen LogP contribution is -2.44. The fraction of sp³-hybridized carbons (Fsp3) is 0.253. The highest BCUT2D eigenvalue weighted by atomic mass is 19.4. The minimum absolute atomic E-state index is 0.0574. The van der Waals surface area contributed by atoms with Crippen molar-refractivity contribution < 1.29 is 53.9 Å². The van der Waals surface area contributed by atoms with Gasteiger partial charge in [0.2, 0.25) is 0 Å². The number of halogens is 9. The number of fused-ring (bicyclic) bond motifs is 3. The Hall–Kier alpha value is -12.9. The van der Waals surface area contributed by atoms with Crippen molar-refractivity contribution in [3.63, 3.8) is 0 Å². The molecule has 3 fully saturated rings. The fourth-order valence-corrected chi connectivity index (χ4v) is 13.7. The van der Waals surface area contributed by atoms with Crippen LogP contribution < -0.4 is 16.0 Å². The van der Waals surface area contributed by atoms with Crippen molar-refractivity contribution in [1.82, 2.24) is 64.3 Å². The van der Waals surface area contributed by atoms with Crippen LogP contribution in [0.2, 0.25) is 0 Å². The average Bonchev–Trinajstić information content (AvgIpc) is 0.793. The van der Waals surface area contributed by atoms with Crippen LogP contribution in [0.4, 0.5) is 56.6 Å². The summed E-state index contributed by atoms with van der Waals surface area (Å²) in [5.41, 5.74) is 4.72. The van der Waals surface area contributed by atoms with Gasteiger partial charge < -0.3 is 30.7 Å². The van der Waals surface area contributed by atoms with E-state index in [-0.39, 0.29) is 70.1 Å². The number of hydrogen-bond donors (Lipinski definition) is 3. The van der Waals surface area contributed by atoms with Crippen LogP contribution in [-0.4, -0.2) is 182 Å². The number of nitrogens with one attached hydrogen (secondary N) is 3. The van der Waals surface area contributed by atoms with Gasteiger partial charge in [-0.1, -0.05) is 102 Å². The van der Waals surface area contributed by atoms with Crippen molar-refractivity contribution in [2.75, 3.05) is 116 Å². The van der Waals surface area contributed by atoms with Crippen LogP contribution in [0.15, 0.2) is 202 Å². The summed E-state index contributed by atoms with van der Waals surface area (Å²) >= 11 is 0. The number of piperazine rings is 3. The number of hydrogen-bond acceptors (Lipinski definition) is 16. The number of anilines is 3. The number of amides is 3. The minimum atomic E-state index is -4.55. The molecule has 119 heavy (non-hydrogen) atoms. The summed E-state index contributed by atoms with van der Waals surface area (Å²) in [5.74, 6) is 16.6. The Labute approximate surface area is 681 Å². The second-order valence-corrected chi connectivity index (χ2v) is 29.2. The maximum Gasteiger partial charge on any atom is 0.416 e. The first-order valence-corrected chi connectivity index (χ1v) is 38.2. The summed E-state index contributed by atoms with van der Waals surface area (Å²) in [6, 6.07) is 35.8. The van der Waals surface area contributed by atoms with Gasteiger partial charge in [-0.05, 0) is 118 Å². The van der Waals surface area contributed by atoms with E-state index in [1.54, 1.807) is 75.4 Å². The Morgan fingerprint density at radius 1 is 0.353 bits per heavy atom. The topological polar surface area (TPSA) is 197 Å². The number of carbonyl (C=O) groups excluding carboxylic acids is 3. The molecule has 10 heterocycles. The van der Waals surface area contributed by atoms with Crippen molar-refractivity contribution in [1.29, 1.82) is 0 Å². The van der Waals surface area contributed by atoms with E-state index in [9.17, 15) is 53.9 Å². The number of aromatic nitrogens is 7. The molecular formula is C91H81F9N16O3. The highest BCUT2D eigenvalue weighted by Gasteiger charge is 2.37. The van der Waals surface area contributed by atoms with E-state index in [1.165, 1.54) is 61.2 Å². The molecule has 15 rings (SSSR count). The Morgan fingerprint density at radius 3 is 1.10 bits per heavy atom. The smallest absolute Gasteiger partial charge is 0.322 e. The molecule has 19 nitrogen and oxygen atoms in total. The zero-order valence-corrected chi connectivity index (χ0v) is 65.6. The van der Waals surface area contributed by atoms with E-state index < -0.39 is 52.9 Å². The summed E-state index contributed by atoms with van der Waals surface area (Å²) in [5, 5.41) is 12.4. The van der Waals surface area contributed by atoms with Gasteiger partial charge in [0.05, 0.1) is 73.2 Å². The molecule has 0 saturated carbocycles. The standard InChI is InChI=1S/C31H28F3N5O.C30H27F3N6O.C30H26F3N5O/c1-21-22(7-8-24-18-35-17-23-5-3-4-6-28(23)24)15-26(19-36-21)30(40)37-27-10-9-25(29(16-27)31(32,33)34)20-39-13-11-38(2)12-14-39;1-20-21(5-6-22-16-34-18-28-26(22)4-3-9-35-28)14-24(17-36-20)29(40)37-25-8-7-23(27(15-25)30(31,32)33)19-39-12-10-38(2)11-13-39;1-37-10-12-38(13-11-37)20-24-8-9-26(15-28(24)30(31,32)33)36-29(39)25-14-21(16-34-19-25)6-7-23-18-35-17-22-4-2-3-5-27(22)23/h3-6,9-10,15-19H,11-14,20H2,1-2H3,(H,37,40);3-4,7-9,14-18H,10-13,19H2,1-2H3,(H,37,40);2-5,8-9,14-19H,10-13,20H2,1H3,(H,36,39). The van der Waals surface area contributed by atoms with Gasteiger partial charge >= 0.3 is 18.5 Å². The third-order valence-electron chi connectivity index (χ3n) is 20.6. The summed E-state index contributed by atoms with van der Waals surface area (Å²) in [7, 11) is 5.99. The van der Waals surface area contributed by atoms with Gasteiger partial charge in [-0.25, -0.2) is 0 Å². The Balaban J connectivity index is 0.000000155. The molecule has 0 spiro atoms. The molecule has 0 atom stereocenters. The molecule has 3 amide bonds. The van der Waals surface area contributed by atoms with Crippen LogP contribution in [0.1, 0.15) is 109 Å². The van der Waals surface area contributed by atoms with Crippen LogP contribution in [0.3, 0.4) is 0 Å². The third kappa shape index (κ3) is 22.3. The first-order chi connectivity index (χ1) is 57.1. The van der Waals surface area contributed by atoms with Gasteiger partial charge in [-0.3, -0.25) is 64.0 Å². The normalized spacial score (nSPS) is 14.5. The number of nitrogens with zero attached hydrogens (tertiary/aromatic N) is 13. The zero-order chi connectivity index (χ0) is 84.0. The highest BCUT2D eigenvalue weighted by molar-refractivity contribution is 6.06. The predicted octanol–water partition coefficient (Wildman–Crippen LogP) is 15.2. The third-order valence-corrected chi connectivity index (χ3v) is 20.6. The van der Waals surface area contributed by atoms with E-state index in [0.29, 0.717) is 78.4 Å². The number of carbonyl (C=O) groups is 3. The maximum atomic E-state index is 14.0. The molecule has 7 aromatic heterocycles. The van der Waals surface area contributed by atoms with E-state index in [4.69, 9.17) is 0 Å². The molecule has 3 saturated heterocycles. The van der Waals surface area contributed by atoms with Crippen molar-refractivity contribution in [2.24, 2.45) is 0 Å². The average molecular weight is 1620 g/mol. The molecule has 3 aliphatic heterocycles. The van der Waals surface area contributed by atoms with Crippen molar-refractivity contribution >= 4 is 67.2 Å². The minimum Gasteiger partial charge on any atom is -0.322 e. The predicted molar refractivity (Wildman–Crippen MR) is 440 cm³/mol. The molecule has 0 aliphatic carbocycles. The van der Waals surface area contributed by atoms with Crippen LogP contribution in [-0.2, 0) is 38.2 Å². The van der Waals surface area contributed by atoms with E-state index in [2.05, 4.69) is 101 Å². The first-order valence-electron chi connectivity index (χ1n) is 38.2. The summed E-state index contributed by atoms with van der Waals surface area (Å²) < 4.78 is 125. The molecule has 12 aromatic rings. The van der Waals surface area contributed by atoms with E-state index in [0.717, 1.165) is 95.5 Å². The largest absolute Gasteiger partial charge is 0.416 e. The first kappa shape index (κ1) is 84.1. The summed E-state index contributed by atoms with van der Waals surface area (Å²) in [6.07, 6.45) is 3.85. The number of aryl methyl sites for hydroxylation is 2. The molecule has 606 valence electrons. The number of rotatable bonds is 12. The quantitative estimate of drug-likeness (QED) is 0.0771. The molecule has 0 radical (unpaired) electrons. The van der Waals surface area contributed by atoms with E-state index in [1.807, 2.05) is 96.5 Å². The van der Waals surface area contributed by atoms with Crippen LogP contribution in [0.25, 0.3) is 32.4 Å². The fourth-order valence-electron chi connectivity index (χ4n) is 13.7. The van der Waals surface area contributed by atoms with Gasteiger partial charge in [0.25, 0.3) is 17.7 Å². The molecule has 5 aromatic carbocycles. The molecule has 3 N–H and O–H groups in total. The lowest BCUT2D eigenvalue weighted by Gasteiger charge is -2.33. The van der Waals surface area contributed by atoms with Gasteiger partial charge in [0, 0.05) is 221 Å². The monoisotopic (exact) mass is 1620 g/mol. The van der Waals surface area contributed by atoms with Crippen molar-refractivity contribution in [2.45, 2.75) is 52.0 Å². The summed E-state index contributed by atoms with van der Waals surface area (Å²) in [6.45, 7) is 13.2. The Bertz CT molecular complexity index is 5680. The SMILES string of the molecule is CN1CCN(Cc2ccc(NC(=O)c3cncc(C#Cc4cncc5ccccc45)c3)cc2C(F)(F)F)CC1.Cc1ncc(C(=O)Nc2ccc(CN3CCN(C)CC3)c(C(F)(F)F)c2)cc1C#Cc1cncc2ccccc12.Cc1ncc(C(=O)Nc2ccc(CN3CCN(C)CC3)c(C(F)(F)F)c2)cc1C#Cc1cncc2ncccc12. The van der Waals surface area contributed by atoms with Crippen molar-refractivity contribution in [3.05, 3.63) is 296 Å². The number of pyridine rings is 7. The molecule has 0 bridgehead atoms. The second kappa shape index (κ2) is 37.6. The van der Waals surface area contributed by atoms with Gasteiger partial charge in [-0.2, -0.15) is 39.5 Å². The number of benzene rings is 5. The van der Waals surface area contributed by atoms with Gasteiger partial charge in [0.1, 0.15) is 0 Å². The van der Waals surface area contributed by atoms with Gasteiger partial charge in [0.15, 0.2) is 0 Å². The van der Waals surface area contributed by atoms with Crippen molar-refractivity contribution in [3.8, 4) is 35.5 Å². The zero-order valence-electron chi connectivity index (χ0n) is 65.6. The maximum absolute atomic E-state index is 14.0. The van der Waals surface area contributed by atoms with Gasteiger partial charge in [-0.15, -0.1) is 0 Å². The molecule has 0 unspecified atom stereocenters. The molecular weight excluding hydrogens is 1540 g/mol. The highest BCUT2D eigenvalue weighted by Crippen LogP contribution is 2.38. The lowest BCUT2D eigenvalue weighted by atomic mass is 10.0. The van der Waals surface area contributed by atoms with Crippen LogP contribution >= 0.6 is 0 Å². The van der Waals surface area contributed by atoms with E-state index >= 15 is 0 Å². The molecule has 28 heteroatoms. The Morgan fingerprint density at radius 2 is 0.697 bits per heavy atom. The molecule has 3 aliphatic rings. The lowest BCUT2D eigenvalue weighted by molar-refractivity contribution is -0.139. The number of likely N-dealkylation sites (N-methyl/N-ethyl adjacent to an activating group) is 3. The van der Waals surface area contributed by atoms with Crippen LogP contribution in [0.5, 0.6) is 0 Å². The second-order valence-electron chi connectivity index (χ2n) is 29.2. The van der Waals surface area contributed by atoms with Crippen LogP contribution in [0, 0.1) is 49.4 Å². The Kier molecular flexibility index (Phi) is 26.6.